The van der Waals surface area contributed by atoms with E-state index in [4.69, 9.17) is 26.2 Å². The lowest BCUT2D eigenvalue weighted by atomic mass is 10.0. The SMILES string of the molecule is NC(C(O)CO)C(O)C(=O)CO. The van der Waals surface area contributed by atoms with Crippen LogP contribution in [0.15, 0.2) is 0 Å². The van der Waals surface area contributed by atoms with E-state index < -0.39 is 37.2 Å². The molecule has 3 atom stereocenters. The molecule has 0 fully saturated rings. The van der Waals surface area contributed by atoms with Gasteiger partial charge in [0.15, 0.2) is 5.78 Å². The van der Waals surface area contributed by atoms with Crippen LogP contribution in [0.3, 0.4) is 0 Å². The van der Waals surface area contributed by atoms with Crippen molar-refractivity contribution < 1.29 is 25.2 Å². The summed E-state index contributed by atoms with van der Waals surface area (Å²) in [5, 5.41) is 34.5. The van der Waals surface area contributed by atoms with E-state index in [1.165, 1.54) is 0 Å². The molecule has 0 rings (SSSR count). The first-order valence-corrected chi connectivity index (χ1v) is 3.40. The van der Waals surface area contributed by atoms with E-state index in [1.54, 1.807) is 0 Å². The van der Waals surface area contributed by atoms with Crippen molar-refractivity contribution in [2.75, 3.05) is 13.2 Å². The van der Waals surface area contributed by atoms with Gasteiger partial charge in [0.1, 0.15) is 12.7 Å². The standard InChI is InChI=1S/C6H13NO5/c7-5(3(10)1-8)6(12)4(11)2-9/h3,5-6,8-10,12H,1-2,7H2. The first-order chi connectivity index (χ1) is 5.54. The summed E-state index contributed by atoms with van der Waals surface area (Å²) < 4.78 is 0. The van der Waals surface area contributed by atoms with E-state index in [0.717, 1.165) is 0 Å². The number of ketones is 1. The van der Waals surface area contributed by atoms with Crippen molar-refractivity contribution >= 4 is 5.78 Å². The Morgan fingerprint density at radius 1 is 1.33 bits per heavy atom. The molecule has 6 nitrogen and oxygen atoms in total. The summed E-state index contributed by atoms with van der Waals surface area (Å²) in [6, 6.07) is -1.27. The lowest BCUT2D eigenvalue weighted by molar-refractivity contribution is -0.132. The highest BCUT2D eigenvalue weighted by atomic mass is 16.3. The third-order valence-electron chi connectivity index (χ3n) is 1.48. The van der Waals surface area contributed by atoms with E-state index in [1.807, 2.05) is 0 Å². The van der Waals surface area contributed by atoms with Crippen molar-refractivity contribution in [2.45, 2.75) is 18.2 Å². The molecule has 0 aliphatic heterocycles. The fraction of sp³-hybridized carbons (Fsp3) is 0.833. The summed E-state index contributed by atoms with van der Waals surface area (Å²) in [4.78, 5) is 10.6. The van der Waals surface area contributed by atoms with Crippen LogP contribution >= 0.6 is 0 Å². The monoisotopic (exact) mass is 179 g/mol. The number of Topliss-reactive ketones (excluding diaryl/α,β-unsaturated/α-hetero) is 1. The number of aliphatic hydroxyl groups excluding tert-OH is 4. The average Bonchev–Trinajstić information content (AvgIpc) is 2.12. The Bertz CT molecular complexity index is 151. The second kappa shape index (κ2) is 5.18. The molecule has 0 amide bonds. The van der Waals surface area contributed by atoms with Crippen molar-refractivity contribution in [3.63, 3.8) is 0 Å². The molecule has 0 aromatic rings. The highest BCUT2D eigenvalue weighted by Gasteiger charge is 2.27. The number of rotatable bonds is 5. The average molecular weight is 179 g/mol. The zero-order valence-electron chi connectivity index (χ0n) is 6.42. The van der Waals surface area contributed by atoms with E-state index >= 15 is 0 Å². The second-order valence-electron chi connectivity index (χ2n) is 2.40. The minimum absolute atomic E-state index is 0.642. The molecule has 12 heavy (non-hydrogen) atoms. The van der Waals surface area contributed by atoms with Crippen LogP contribution in [0.25, 0.3) is 0 Å². The predicted molar refractivity (Wildman–Crippen MR) is 39.2 cm³/mol. The Hall–Kier alpha value is -0.530. The van der Waals surface area contributed by atoms with Gasteiger partial charge in [-0.05, 0) is 0 Å². The number of carbonyl (C=O) groups excluding carboxylic acids is 1. The van der Waals surface area contributed by atoms with Crippen molar-refractivity contribution in [2.24, 2.45) is 5.73 Å². The van der Waals surface area contributed by atoms with Gasteiger partial charge in [0.25, 0.3) is 0 Å². The van der Waals surface area contributed by atoms with Gasteiger partial charge in [-0.1, -0.05) is 0 Å². The first kappa shape index (κ1) is 11.5. The van der Waals surface area contributed by atoms with Gasteiger partial charge in [-0.15, -0.1) is 0 Å². The minimum Gasteiger partial charge on any atom is -0.394 e. The van der Waals surface area contributed by atoms with Crippen LogP contribution in [0, 0.1) is 0 Å². The molecule has 0 spiro atoms. The molecule has 0 aromatic carbocycles. The van der Waals surface area contributed by atoms with Crippen LogP contribution in [0.5, 0.6) is 0 Å². The topological polar surface area (TPSA) is 124 Å². The summed E-state index contributed by atoms with van der Waals surface area (Å²) in [6.45, 7) is -1.48. The Labute approximate surface area is 69.2 Å². The number of hydrogen-bond acceptors (Lipinski definition) is 6. The van der Waals surface area contributed by atoms with Gasteiger partial charge >= 0.3 is 0 Å². The highest BCUT2D eigenvalue weighted by molar-refractivity contribution is 5.84. The Morgan fingerprint density at radius 3 is 2.17 bits per heavy atom. The molecular formula is C6H13NO5. The van der Waals surface area contributed by atoms with Crippen LogP contribution in [-0.2, 0) is 4.79 Å². The summed E-state index contributed by atoms with van der Waals surface area (Å²) in [5.74, 6) is -0.880. The molecular weight excluding hydrogens is 166 g/mol. The Morgan fingerprint density at radius 2 is 1.83 bits per heavy atom. The minimum atomic E-state index is -1.64. The van der Waals surface area contributed by atoms with Gasteiger partial charge in [-0.3, -0.25) is 4.79 Å². The molecule has 3 unspecified atom stereocenters. The molecule has 6 N–H and O–H groups in total. The van der Waals surface area contributed by atoms with Gasteiger partial charge in [0, 0.05) is 0 Å². The smallest absolute Gasteiger partial charge is 0.188 e. The molecule has 0 aliphatic carbocycles. The number of nitrogens with two attached hydrogens (primary N) is 1. The molecule has 0 saturated heterocycles. The molecule has 0 saturated carbocycles. The Balaban J connectivity index is 4.08. The highest BCUT2D eigenvalue weighted by Crippen LogP contribution is 1.97. The maximum atomic E-state index is 10.6. The maximum absolute atomic E-state index is 10.6. The van der Waals surface area contributed by atoms with Crippen LogP contribution in [0.2, 0.25) is 0 Å². The Kier molecular flexibility index (Phi) is 4.95. The van der Waals surface area contributed by atoms with Crippen molar-refractivity contribution in [3.05, 3.63) is 0 Å². The van der Waals surface area contributed by atoms with Gasteiger partial charge in [-0.2, -0.15) is 0 Å². The number of aliphatic hydroxyl groups is 4. The van der Waals surface area contributed by atoms with E-state index in [-0.39, 0.29) is 0 Å². The zero-order chi connectivity index (χ0) is 9.72. The largest absolute Gasteiger partial charge is 0.394 e. The molecule has 0 aromatic heterocycles. The molecule has 0 heterocycles. The van der Waals surface area contributed by atoms with Gasteiger partial charge in [0.05, 0.1) is 18.8 Å². The third kappa shape index (κ3) is 2.84. The quantitative estimate of drug-likeness (QED) is 0.299. The third-order valence-corrected chi connectivity index (χ3v) is 1.48. The van der Waals surface area contributed by atoms with Crippen molar-refractivity contribution in [1.29, 1.82) is 0 Å². The van der Waals surface area contributed by atoms with Crippen LogP contribution in [0.4, 0.5) is 0 Å². The van der Waals surface area contributed by atoms with E-state index in [0.29, 0.717) is 0 Å². The molecule has 0 radical (unpaired) electrons. The summed E-state index contributed by atoms with van der Waals surface area (Å²) >= 11 is 0. The fourth-order valence-corrected chi connectivity index (χ4v) is 0.640. The van der Waals surface area contributed by atoms with E-state index in [9.17, 15) is 4.79 Å². The second-order valence-corrected chi connectivity index (χ2v) is 2.40. The first-order valence-electron chi connectivity index (χ1n) is 3.40. The van der Waals surface area contributed by atoms with Gasteiger partial charge in [0.2, 0.25) is 0 Å². The van der Waals surface area contributed by atoms with E-state index in [2.05, 4.69) is 0 Å². The normalized spacial score (nSPS) is 18.4. The molecule has 0 bridgehead atoms. The van der Waals surface area contributed by atoms with Crippen LogP contribution in [0.1, 0.15) is 0 Å². The molecule has 6 heteroatoms. The van der Waals surface area contributed by atoms with Crippen LogP contribution in [-0.4, -0.2) is 57.7 Å². The molecule has 72 valence electrons. The van der Waals surface area contributed by atoms with Gasteiger partial charge < -0.3 is 26.2 Å². The van der Waals surface area contributed by atoms with Gasteiger partial charge in [-0.25, -0.2) is 0 Å². The number of hydrogen-bond donors (Lipinski definition) is 5. The number of carbonyl (C=O) groups is 1. The zero-order valence-corrected chi connectivity index (χ0v) is 6.42. The maximum Gasteiger partial charge on any atom is 0.188 e. The summed E-state index contributed by atoms with van der Waals surface area (Å²) in [7, 11) is 0. The van der Waals surface area contributed by atoms with Crippen LogP contribution < -0.4 is 5.73 Å². The summed E-state index contributed by atoms with van der Waals surface area (Å²) in [6.07, 6.45) is -3.01. The van der Waals surface area contributed by atoms with Crippen molar-refractivity contribution in [1.82, 2.24) is 0 Å². The lowest BCUT2D eigenvalue weighted by Gasteiger charge is -2.20. The predicted octanol–water partition coefficient (Wildman–Crippen LogP) is -3.41. The summed E-state index contributed by atoms with van der Waals surface area (Å²) in [5.41, 5.74) is 5.16. The lowest BCUT2D eigenvalue weighted by Crippen LogP contribution is -2.50. The fourth-order valence-electron chi connectivity index (χ4n) is 0.640. The molecule has 0 aliphatic rings. The van der Waals surface area contributed by atoms with Crippen molar-refractivity contribution in [3.8, 4) is 0 Å².